The normalized spacial score (nSPS) is 11.7. The topological polar surface area (TPSA) is 49.8 Å². The molecule has 4 heteroatoms. The third-order valence-electron chi connectivity index (χ3n) is 3.15. The number of likely N-dealkylation sites (N-methyl/N-ethyl adjacent to an activating group) is 1. The lowest BCUT2D eigenvalue weighted by Gasteiger charge is -2.25. The van der Waals surface area contributed by atoms with Crippen molar-refractivity contribution in [3.63, 3.8) is 0 Å². The molecule has 1 atom stereocenters. The van der Waals surface area contributed by atoms with Crippen LogP contribution in [0.2, 0.25) is 0 Å². The molecule has 2 aromatic carbocycles. The molecule has 2 rings (SSSR count). The fourth-order valence-corrected chi connectivity index (χ4v) is 1.82. The standard InChI is InChI=1S/C16H17NO3/c1-12(16(18)19)17(2)14-10-6-7-11-15(14)20-13-8-4-3-5-9-13/h3-12H,1-2H3,(H,18,19)/t12-/m0/s1. The molecule has 0 fully saturated rings. The summed E-state index contributed by atoms with van der Waals surface area (Å²) < 4.78 is 5.83. The third-order valence-corrected chi connectivity index (χ3v) is 3.15. The minimum absolute atomic E-state index is 0.629. The van der Waals surface area contributed by atoms with E-state index >= 15 is 0 Å². The number of nitrogens with zero attached hydrogens (tertiary/aromatic N) is 1. The smallest absolute Gasteiger partial charge is 0.326 e. The Morgan fingerprint density at radius 3 is 2.35 bits per heavy atom. The maximum absolute atomic E-state index is 11.1. The molecular weight excluding hydrogens is 254 g/mol. The molecule has 0 spiro atoms. The Kier molecular flexibility index (Phi) is 4.25. The van der Waals surface area contributed by atoms with Gasteiger partial charge in [0.25, 0.3) is 0 Å². The molecule has 0 bridgehead atoms. The van der Waals surface area contributed by atoms with Crippen LogP contribution in [0.1, 0.15) is 6.92 Å². The van der Waals surface area contributed by atoms with E-state index in [1.807, 2.05) is 54.6 Å². The maximum Gasteiger partial charge on any atom is 0.326 e. The molecule has 104 valence electrons. The average Bonchev–Trinajstić information content (AvgIpc) is 2.47. The Balaban J connectivity index is 2.29. The van der Waals surface area contributed by atoms with E-state index in [1.165, 1.54) is 0 Å². The highest BCUT2D eigenvalue weighted by Gasteiger charge is 2.20. The van der Waals surface area contributed by atoms with E-state index in [-0.39, 0.29) is 0 Å². The largest absolute Gasteiger partial charge is 0.480 e. The number of carboxylic acids is 1. The quantitative estimate of drug-likeness (QED) is 0.905. The number of ether oxygens (including phenoxy) is 1. The lowest BCUT2D eigenvalue weighted by Crippen LogP contribution is -2.35. The van der Waals surface area contributed by atoms with Crippen molar-refractivity contribution in [3.8, 4) is 11.5 Å². The zero-order valence-corrected chi connectivity index (χ0v) is 11.5. The third kappa shape index (κ3) is 3.09. The molecule has 0 amide bonds. The predicted molar refractivity (Wildman–Crippen MR) is 78.5 cm³/mol. The van der Waals surface area contributed by atoms with Gasteiger partial charge in [0.05, 0.1) is 5.69 Å². The van der Waals surface area contributed by atoms with Gasteiger partial charge in [-0.2, -0.15) is 0 Å². The summed E-state index contributed by atoms with van der Waals surface area (Å²) in [5, 5.41) is 9.11. The summed E-state index contributed by atoms with van der Waals surface area (Å²) in [4.78, 5) is 12.8. The first-order valence-electron chi connectivity index (χ1n) is 6.37. The number of anilines is 1. The molecule has 0 radical (unpaired) electrons. The second-order valence-electron chi connectivity index (χ2n) is 4.51. The van der Waals surface area contributed by atoms with Crippen LogP contribution in [0, 0.1) is 0 Å². The number of aliphatic carboxylic acids is 1. The number of hydrogen-bond donors (Lipinski definition) is 1. The van der Waals surface area contributed by atoms with Crippen LogP contribution in [-0.2, 0) is 4.79 Å². The predicted octanol–water partition coefficient (Wildman–Crippen LogP) is 3.39. The summed E-state index contributed by atoms with van der Waals surface area (Å²) in [5.74, 6) is 0.479. The van der Waals surface area contributed by atoms with E-state index in [9.17, 15) is 4.79 Å². The van der Waals surface area contributed by atoms with E-state index in [0.717, 1.165) is 11.4 Å². The molecule has 0 saturated heterocycles. The fourth-order valence-electron chi connectivity index (χ4n) is 1.82. The molecule has 0 heterocycles. The van der Waals surface area contributed by atoms with E-state index in [4.69, 9.17) is 9.84 Å². The minimum atomic E-state index is -0.873. The van der Waals surface area contributed by atoms with Gasteiger partial charge in [-0.3, -0.25) is 0 Å². The zero-order valence-electron chi connectivity index (χ0n) is 11.5. The monoisotopic (exact) mass is 271 g/mol. The molecule has 20 heavy (non-hydrogen) atoms. The number of rotatable bonds is 5. The molecule has 2 aromatic rings. The molecular formula is C16H17NO3. The van der Waals surface area contributed by atoms with Gasteiger partial charge in [0, 0.05) is 7.05 Å². The van der Waals surface area contributed by atoms with Crippen molar-refractivity contribution in [3.05, 3.63) is 54.6 Å². The van der Waals surface area contributed by atoms with Crippen LogP contribution in [0.5, 0.6) is 11.5 Å². The van der Waals surface area contributed by atoms with Crippen molar-refractivity contribution >= 4 is 11.7 Å². The second-order valence-corrected chi connectivity index (χ2v) is 4.51. The van der Waals surface area contributed by atoms with E-state index in [0.29, 0.717) is 5.75 Å². The number of carboxylic acid groups (broad SMARTS) is 1. The van der Waals surface area contributed by atoms with Crippen molar-refractivity contribution in [2.75, 3.05) is 11.9 Å². The molecule has 0 aromatic heterocycles. The fraction of sp³-hybridized carbons (Fsp3) is 0.188. The van der Waals surface area contributed by atoms with Gasteiger partial charge in [-0.05, 0) is 31.2 Å². The highest BCUT2D eigenvalue weighted by atomic mass is 16.5. The summed E-state index contributed by atoms with van der Waals surface area (Å²) in [6.07, 6.45) is 0. The molecule has 0 aliphatic carbocycles. The highest BCUT2D eigenvalue weighted by molar-refractivity contribution is 5.78. The van der Waals surface area contributed by atoms with Gasteiger partial charge in [0.15, 0.2) is 5.75 Å². The summed E-state index contributed by atoms with van der Waals surface area (Å²) >= 11 is 0. The van der Waals surface area contributed by atoms with Crippen LogP contribution in [0.3, 0.4) is 0 Å². The first kappa shape index (κ1) is 13.9. The van der Waals surface area contributed by atoms with E-state index < -0.39 is 12.0 Å². The summed E-state index contributed by atoms with van der Waals surface area (Å²) in [6, 6.07) is 16.2. The number of para-hydroxylation sites is 3. The van der Waals surface area contributed by atoms with Gasteiger partial charge >= 0.3 is 5.97 Å². The van der Waals surface area contributed by atoms with E-state index in [2.05, 4.69) is 0 Å². The summed E-state index contributed by atoms with van der Waals surface area (Å²) in [5.41, 5.74) is 0.742. The van der Waals surface area contributed by atoms with Gasteiger partial charge in [-0.1, -0.05) is 30.3 Å². The van der Waals surface area contributed by atoms with Gasteiger partial charge in [0.1, 0.15) is 11.8 Å². The Hall–Kier alpha value is -2.49. The Morgan fingerprint density at radius 2 is 1.70 bits per heavy atom. The SMILES string of the molecule is C[C@@H](C(=O)O)N(C)c1ccccc1Oc1ccccc1. The van der Waals surface area contributed by atoms with Crippen LogP contribution in [0.15, 0.2) is 54.6 Å². The molecule has 0 aliphatic heterocycles. The second kappa shape index (κ2) is 6.10. The number of carbonyl (C=O) groups is 1. The van der Waals surface area contributed by atoms with Gasteiger partial charge in [0.2, 0.25) is 0 Å². The Bertz CT molecular complexity index is 583. The van der Waals surface area contributed by atoms with Crippen molar-refractivity contribution in [2.45, 2.75) is 13.0 Å². The molecule has 0 unspecified atom stereocenters. The van der Waals surface area contributed by atoms with Crippen molar-refractivity contribution in [2.24, 2.45) is 0 Å². The molecule has 4 nitrogen and oxygen atoms in total. The Labute approximate surface area is 118 Å². The zero-order chi connectivity index (χ0) is 14.5. The van der Waals surface area contributed by atoms with Crippen LogP contribution in [0.25, 0.3) is 0 Å². The lowest BCUT2D eigenvalue weighted by atomic mass is 10.2. The van der Waals surface area contributed by atoms with Crippen LogP contribution < -0.4 is 9.64 Å². The van der Waals surface area contributed by atoms with Crippen molar-refractivity contribution in [1.82, 2.24) is 0 Å². The highest BCUT2D eigenvalue weighted by Crippen LogP contribution is 2.32. The van der Waals surface area contributed by atoms with Crippen LogP contribution >= 0.6 is 0 Å². The van der Waals surface area contributed by atoms with Crippen LogP contribution in [-0.4, -0.2) is 24.2 Å². The lowest BCUT2D eigenvalue weighted by molar-refractivity contribution is -0.138. The maximum atomic E-state index is 11.1. The van der Waals surface area contributed by atoms with Crippen LogP contribution in [0.4, 0.5) is 5.69 Å². The molecule has 0 saturated carbocycles. The van der Waals surface area contributed by atoms with Crippen molar-refractivity contribution in [1.29, 1.82) is 0 Å². The average molecular weight is 271 g/mol. The van der Waals surface area contributed by atoms with Gasteiger partial charge in [-0.25, -0.2) is 4.79 Å². The first-order chi connectivity index (χ1) is 9.59. The summed E-state index contributed by atoms with van der Waals surface area (Å²) in [6.45, 7) is 1.64. The number of benzene rings is 2. The Morgan fingerprint density at radius 1 is 1.10 bits per heavy atom. The summed E-state index contributed by atoms with van der Waals surface area (Å²) in [7, 11) is 1.74. The van der Waals surface area contributed by atoms with Gasteiger partial charge in [-0.15, -0.1) is 0 Å². The molecule has 1 N–H and O–H groups in total. The number of hydrogen-bond acceptors (Lipinski definition) is 3. The molecule has 0 aliphatic rings. The first-order valence-corrected chi connectivity index (χ1v) is 6.37. The van der Waals surface area contributed by atoms with E-state index in [1.54, 1.807) is 18.9 Å². The van der Waals surface area contributed by atoms with Gasteiger partial charge < -0.3 is 14.7 Å². The minimum Gasteiger partial charge on any atom is -0.480 e. The van der Waals surface area contributed by atoms with Crippen molar-refractivity contribution < 1.29 is 14.6 Å².